The molecule has 0 spiro atoms. The van der Waals surface area contributed by atoms with Gasteiger partial charge in [-0.15, -0.1) is 0 Å². The summed E-state index contributed by atoms with van der Waals surface area (Å²) in [5.41, 5.74) is 11.2. The lowest BCUT2D eigenvalue weighted by Gasteiger charge is -2.42. The summed E-state index contributed by atoms with van der Waals surface area (Å²) in [5.74, 6) is 0.655. The molecule has 3 aliphatic rings. The maximum absolute atomic E-state index is 13.6. The number of hydrogen-bond acceptors (Lipinski definition) is 3. The molecule has 2 aromatic rings. The van der Waals surface area contributed by atoms with Crippen LogP contribution in [0.4, 0.5) is 4.39 Å². The number of azo groups is 1. The van der Waals surface area contributed by atoms with Gasteiger partial charge in [-0.05, 0) is 95.5 Å². The number of aryl methyl sites for hydroxylation is 1. The summed E-state index contributed by atoms with van der Waals surface area (Å²) < 4.78 is 20.5. The van der Waals surface area contributed by atoms with Crippen LogP contribution in [0.3, 0.4) is 0 Å². The van der Waals surface area contributed by atoms with Gasteiger partial charge >= 0.3 is 0 Å². The molecular weight excluding hydrogens is 523 g/mol. The van der Waals surface area contributed by atoms with Gasteiger partial charge < -0.3 is 4.43 Å². The van der Waals surface area contributed by atoms with Crippen LogP contribution in [-0.4, -0.2) is 8.32 Å². The molecule has 0 radical (unpaired) electrons. The number of fused-ring (bicyclic) bond motifs is 1. The lowest BCUT2D eigenvalue weighted by Crippen LogP contribution is -2.47. The Morgan fingerprint density at radius 2 is 1.46 bits per heavy atom. The predicted octanol–water partition coefficient (Wildman–Crippen LogP) is 11.0. The average Bonchev–Trinajstić information content (AvgIpc) is 3.40. The molecule has 220 valence electrons. The van der Waals surface area contributed by atoms with Gasteiger partial charge in [0.15, 0.2) is 0 Å². The minimum Gasteiger partial charge on any atom is -0.412 e. The van der Waals surface area contributed by atoms with Gasteiger partial charge in [-0.3, -0.25) is 0 Å². The molecule has 2 aliphatic carbocycles. The van der Waals surface area contributed by atoms with Crippen LogP contribution >= 0.6 is 0 Å². The third-order valence-corrected chi connectivity index (χ3v) is 16.4. The van der Waals surface area contributed by atoms with Gasteiger partial charge in [0.1, 0.15) is 11.9 Å². The van der Waals surface area contributed by atoms with Crippen LogP contribution in [0.5, 0.6) is 0 Å². The van der Waals surface area contributed by atoms with Crippen molar-refractivity contribution in [3.05, 3.63) is 93.5 Å². The van der Waals surface area contributed by atoms with Crippen LogP contribution < -0.4 is 0 Å². The van der Waals surface area contributed by atoms with Crippen molar-refractivity contribution in [3.8, 4) is 0 Å². The number of allylic oxidation sites excluding steroid dienone is 2. The highest BCUT2D eigenvalue weighted by molar-refractivity contribution is 6.77. The number of hydrogen-bond donors (Lipinski definition) is 0. The molecule has 0 saturated carbocycles. The molecule has 0 amide bonds. The van der Waals surface area contributed by atoms with E-state index in [1.165, 1.54) is 47.2 Å². The molecule has 2 aromatic carbocycles. The standard InChI is InChI=1S/C36H49FN2OSi/c1-23(2)41(24(3)4,25(5)6)40-22-28-14-12-27(13-15-28)16-21-31-26(7)35-34(33-11-9-8-10-32(31)33)36(39-38-35)29-17-19-30(37)20-18-29/h12-15,17-20,23-26,31,36H,8-11,16,21-22H2,1-7H3/t26-,31?,36?/m1/s1. The highest BCUT2D eigenvalue weighted by Crippen LogP contribution is 2.53. The summed E-state index contributed by atoms with van der Waals surface area (Å²) >= 11 is 0. The van der Waals surface area contributed by atoms with Crippen LogP contribution in [0, 0.1) is 17.7 Å². The Labute approximate surface area is 248 Å². The molecular formula is C36H49FN2OSi. The molecule has 41 heavy (non-hydrogen) atoms. The van der Waals surface area contributed by atoms with Gasteiger partial charge in [0.05, 0.1) is 12.3 Å². The maximum atomic E-state index is 13.6. The van der Waals surface area contributed by atoms with Crippen LogP contribution in [0.2, 0.25) is 16.6 Å². The van der Waals surface area contributed by atoms with E-state index in [-0.39, 0.29) is 11.9 Å². The Balaban J connectivity index is 1.29. The highest BCUT2D eigenvalue weighted by Gasteiger charge is 2.45. The van der Waals surface area contributed by atoms with E-state index < -0.39 is 8.32 Å². The summed E-state index contributed by atoms with van der Waals surface area (Å²) in [4.78, 5) is 0. The highest BCUT2D eigenvalue weighted by atomic mass is 28.4. The minimum absolute atomic E-state index is 0.0873. The van der Waals surface area contributed by atoms with Crippen LogP contribution in [0.25, 0.3) is 0 Å². The first-order chi connectivity index (χ1) is 19.6. The fraction of sp³-hybridized carbons (Fsp3) is 0.556. The quantitative estimate of drug-likeness (QED) is 0.261. The molecule has 0 aromatic heterocycles. The molecule has 0 saturated heterocycles. The van der Waals surface area contributed by atoms with Gasteiger partial charge in [0, 0.05) is 11.5 Å². The smallest absolute Gasteiger partial charge is 0.200 e. The topological polar surface area (TPSA) is 34.0 Å². The normalized spacial score (nSPS) is 22.8. The Morgan fingerprint density at radius 1 is 0.854 bits per heavy atom. The maximum Gasteiger partial charge on any atom is 0.200 e. The molecule has 1 heterocycles. The second-order valence-electron chi connectivity index (χ2n) is 13.5. The molecule has 0 fully saturated rings. The number of nitrogens with zero attached hydrogens (tertiary/aromatic N) is 2. The summed E-state index contributed by atoms with van der Waals surface area (Å²) in [6.45, 7) is 17.2. The summed E-state index contributed by atoms with van der Waals surface area (Å²) in [7, 11) is -1.87. The Morgan fingerprint density at radius 3 is 2.10 bits per heavy atom. The van der Waals surface area contributed by atoms with Crippen molar-refractivity contribution >= 4 is 8.32 Å². The van der Waals surface area contributed by atoms with E-state index in [4.69, 9.17) is 14.7 Å². The van der Waals surface area contributed by atoms with Crippen LogP contribution in [-0.2, 0) is 17.5 Å². The van der Waals surface area contributed by atoms with Gasteiger partial charge in [-0.2, -0.15) is 10.2 Å². The zero-order valence-electron chi connectivity index (χ0n) is 26.2. The van der Waals surface area contributed by atoms with Gasteiger partial charge in [0.25, 0.3) is 0 Å². The number of benzene rings is 2. The molecule has 0 N–H and O–H groups in total. The molecule has 5 heteroatoms. The van der Waals surface area contributed by atoms with Gasteiger partial charge in [-0.1, -0.05) is 90.4 Å². The van der Waals surface area contributed by atoms with E-state index in [1.54, 1.807) is 17.7 Å². The Kier molecular flexibility index (Phi) is 9.15. The Hall–Kier alpha value is -2.37. The van der Waals surface area contributed by atoms with Gasteiger partial charge in [0.2, 0.25) is 8.32 Å². The van der Waals surface area contributed by atoms with Crippen molar-refractivity contribution in [2.45, 2.75) is 116 Å². The van der Waals surface area contributed by atoms with Gasteiger partial charge in [-0.25, -0.2) is 4.39 Å². The predicted molar refractivity (Wildman–Crippen MR) is 170 cm³/mol. The molecule has 3 nitrogen and oxygen atoms in total. The van der Waals surface area contributed by atoms with Crippen molar-refractivity contribution in [1.29, 1.82) is 0 Å². The van der Waals surface area contributed by atoms with E-state index >= 15 is 0 Å². The minimum atomic E-state index is -1.87. The third-order valence-electron chi connectivity index (χ3n) is 10.3. The molecule has 3 atom stereocenters. The zero-order chi connectivity index (χ0) is 29.3. The first kappa shape index (κ1) is 30.1. The number of halogens is 1. The van der Waals surface area contributed by atoms with Crippen molar-refractivity contribution in [2.75, 3.05) is 0 Å². The lowest BCUT2D eigenvalue weighted by molar-refractivity contribution is 0.266. The fourth-order valence-corrected chi connectivity index (χ4v) is 13.7. The van der Waals surface area contributed by atoms with Crippen LogP contribution in [0.15, 0.2) is 81.2 Å². The number of rotatable bonds is 10. The Bertz CT molecular complexity index is 1280. The second kappa shape index (κ2) is 12.5. The lowest BCUT2D eigenvalue weighted by atomic mass is 9.67. The van der Waals surface area contributed by atoms with Crippen molar-refractivity contribution in [1.82, 2.24) is 0 Å². The monoisotopic (exact) mass is 572 g/mol. The third kappa shape index (κ3) is 5.81. The van der Waals surface area contributed by atoms with E-state index in [9.17, 15) is 4.39 Å². The SMILES string of the molecule is CC(C)[Si](OCc1ccc(CCC2C3=C(CCCC3)C3=C(N=NC3c3ccc(F)cc3)[C@@H]2C)cc1)(C(C)C)C(C)C. The molecule has 2 unspecified atom stereocenters. The van der Waals surface area contributed by atoms with Crippen LogP contribution in [0.1, 0.15) is 103 Å². The van der Waals surface area contributed by atoms with Crippen molar-refractivity contribution in [3.63, 3.8) is 0 Å². The molecule has 5 rings (SSSR count). The summed E-state index contributed by atoms with van der Waals surface area (Å²) in [6, 6.07) is 15.9. The first-order valence-electron chi connectivity index (χ1n) is 16.0. The first-order valence-corrected chi connectivity index (χ1v) is 18.1. The van der Waals surface area contributed by atoms with E-state index in [0.29, 0.717) is 35.1 Å². The fourth-order valence-electron chi connectivity index (χ4n) is 8.30. The van der Waals surface area contributed by atoms with Crippen molar-refractivity contribution in [2.24, 2.45) is 22.1 Å². The van der Waals surface area contributed by atoms with E-state index in [0.717, 1.165) is 24.8 Å². The molecule has 0 bridgehead atoms. The van der Waals surface area contributed by atoms with E-state index in [1.807, 2.05) is 12.1 Å². The average molecular weight is 573 g/mol. The zero-order valence-corrected chi connectivity index (χ0v) is 27.2. The summed E-state index contributed by atoms with van der Waals surface area (Å²) in [5, 5.41) is 9.51. The van der Waals surface area contributed by atoms with Crippen molar-refractivity contribution < 1.29 is 8.82 Å². The molecule has 1 aliphatic heterocycles. The van der Waals surface area contributed by atoms with E-state index in [2.05, 4.69) is 72.7 Å². The summed E-state index contributed by atoms with van der Waals surface area (Å²) in [6.07, 6.45) is 6.99. The largest absolute Gasteiger partial charge is 0.412 e. The second-order valence-corrected chi connectivity index (χ2v) is 19.0.